The van der Waals surface area contributed by atoms with Gasteiger partial charge in [-0.3, -0.25) is 0 Å². The van der Waals surface area contributed by atoms with Gasteiger partial charge in [0.25, 0.3) is 0 Å². The highest BCUT2D eigenvalue weighted by Gasteiger charge is 2.20. The predicted octanol–water partition coefficient (Wildman–Crippen LogP) is 14.8. The summed E-state index contributed by atoms with van der Waals surface area (Å²) in [6.07, 6.45) is 0. The molecule has 10 aromatic rings. The van der Waals surface area contributed by atoms with E-state index in [9.17, 15) is 0 Å². The molecule has 0 amide bonds. The molecule has 10 aromatic carbocycles. The van der Waals surface area contributed by atoms with E-state index in [-0.39, 0.29) is 0 Å². The van der Waals surface area contributed by atoms with E-state index in [2.05, 4.69) is 217 Å². The van der Waals surface area contributed by atoms with Gasteiger partial charge in [-0.1, -0.05) is 182 Å². The van der Waals surface area contributed by atoms with Crippen LogP contribution < -0.4 is 4.90 Å². The molecule has 248 valence electrons. The van der Waals surface area contributed by atoms with Gasteiger partial charge in [-0.2, -0.15) is 0 Å². The average Bonchev–Trinajstić information content (AvgIpc) is 3.24. The Bertz CT molecular complexity index is 2910. The summed E-state index contributed by atoms with van der Waals surface area (Å²) in [5, 5.41) is 10.0. The molecule has 1 nitrogen and oxygen atoms in total. The summed E-state index contributed by atoms with van der Waals surface area (Å²) in [5.41, 5.74) is 10.7. The van der Waals surface area contributed by atoms with Gasteiger partial charge in [0.15, 0.2) is 0 Å². The van der Waals surface area contributed by atoms with Crippen molar-refractivity contribution in [2.75, 3.05) is 4.90 Å². The molecule has 0 saturated heterocycles. The molecule has 0 atom stereocenters. The first kappa shape index (κ1) is 30.8. The minimum Gasteiger partial charge on any atom is -0.310 e. The Morgan fingerprint density at radius 3 is 1.15 bits per heavy atom. The highest BCUT2D eigenvalue weighted by Crippen LogP contribution is 2.46. The van der Waals surface area contributed by atoms with E-state index in [1.54, 1.807) is 0 Å². The summed E-state index contributed by atoms with van der Waals surface area (Å²) >= 11 is 0. The zero-order valence-corrected chi connectivity index (χ0v) is 29.2. The van der Waals surface area contributed by atoms with Crippen molar-refractivity contribution in [3.8, 4) is 33.4 Å². The molecule has 0 heterocycles. The first-order chi connectivity index (χ1) is 26.3. The van der Waals surface area contributed by atoms with Gasteiger partial charge in [-0.05, 0) is 101 Å². The van der Waals surface area contributed by atoms with E-state index in [0.29, 0.717) is 0 Å². The molecule has 53 heavy (non-hydrogen) atoms. The predicted molar refractivity (Wildman–Crippen MR) is 227 cm³/mol. The Balaban J connectivity index is 1.19. The van der Waals surface area contributed by atoms with Gasteiger partial charge in [-0.15, -0.1) is 0 Å². The Morgan fingerprint density at radius 1 is 0.245 bits per heavy atom. The molecule has 1 heteroatoms. The van der Waals surface area contributed by atoms with Crippen LogP contribution in [0.3, 0.4) is 0 Å². The van der Waals surface area contributed by atoms with E-state index >= 15 is 0 Å². The van der Waals surface area contributed by atoms with Crippen molar-refractivity contribution in [2.24, 2.45) is 0 Å². The Hall–Kier alpha value is -6.96. The van der Waals surface area contributed by atoms with Crippen molar-refractivity contribution in [3.05, 3.63) is 212 Å². The second kappa shape index (κ2) is 13.0. The molecule has 0 N–H and O–H groups in total. The van der Waals surface area contributed by atoms with Crippen LogP contribution in [0.15, 0.2) is 212 Å². The van der Waals surface area contributed by atoms with Crippen LogP contribution in [0.4, 0.5) is 17.1 Å². The van der Waals surface area contributed by atoms with Crippen molar-refractivity contribution in [2.45, 2.75) is 0 Å². The lowest BCUT2D eigenvalue weighted by molar-refractivity contribution is 1.30. The van der Waals surface area contributed by atoms with Gasteiger partial charge in [0.05, 0.1) is 5.69 Å². The second-order valence-corrected chi connectivity index (χ2v) is 13.7. The summed E-state index contributed by atoms with van der Waals surface area (Å²) < 4.78 is 0. The summed E-state index contributed by atoms with van der Waals surface area (Å²) in [6, 6.07) is 77.2. The fraction of sp³-hybridized carbons (Fsp3) is 0. The quantitative estimate of drug-likeness (QED) is 0.159. The van der Waals surface area contributed by atoms with Crippen LogP contribution in [0, 0.1) is 0 Å². The summed E-state index contributed by atoms with van der Waals surface area (Å²) in [6.45, 7) is 0. The van der Waals surface area contributed by atoms with Crippen LogP contribution in [-0.4, -0.2) is 0 Å². The lowest BCUT2D eigenvalue weighted by atomic mass is 9.85. The van der Waals surface area contributed by atoms with Crippen LogP contribution in [0.1, 0.15) is 0 Å². The molecule has 0 bridgehead atoms. The van der Waals surface area contributed by atoms with E-state index in [1.807, 2.05) is 0 Å². The summed E-state index contributed by atoms with van der Waals surface area (Å²) in [4.78, 5) is 2.42. The molecule has 0 saturated carbocycles. The van der Waals surface area contributed by atoms with Gasteiger partial charge >= 0.3 is 0 Å². The first-order valence-electron chi connectivity index (χ1n) is 18.3. The summed E-state index contributed by atoms with van der Waals surface area (Å²) in [5.74, 6) is 0. The maximum Gasteiger partial charge on any atom is 0.0546 e. The molecule has 0 aromatic heterocycles. The molecule has 0 unspecified atom stereocenters. The van der Waals surface area contributed by atoms with Gasteiger partial charge in [0.1, 0.15) is 0 Å². The summed E-state index contributed by atoms with van der Waals surface area (Å²) in [7, 11) is 0. The molecule has 0 radical (unpaired) electrons. The number of rotatable bonds is 6. The van der Waals surface area contributed by atoms with Gasteiger partial charge in [0.2, 0.25) is 0 Å². The van der Waals surface area contributed by atoms with Crippen molar-refractivity contribution >= 4 is 60.2 Å². The highest BCUT2D eigenvalue weighted by atomic mass is 15.1. The second-order valence-electron chi connectivity index (χ2n) is 13.7. The van der Waals surface area contributed by atoms with Crippen molar-refractivity contribution < 1.29 is 0 Å². The molecular weight excluding hydrogens is 639 g/mol. The molecule has 0 aliphatic carbocycles. The Morgan fingerprint density at radius 2 is 0.604 bits per heavy atom. The SMILES string of the molecule is c1ccc(-c2ccc(N(c3ccc(-c4c(-c5ccccc5)c5ccccc5c5ccccc45)cc3)c3cc4ccccc4c4ccccc34)cc2)cc1. The fourth-order valence-electron chi connectivity index (χ4n) is 8.20. The fourth-order valence-corrected chi connectivity index (χ4v) is 8.20. The first-order valence-corrected chi connectivity index (χ1v) is 18.3. The number of fused-ring (bicyclic) bond motifs is 6. The van der Waals surface area contributed by atoms with E-state index in [1.165, 1.54) is 76.5 Å². The zero-order valence-electron chi connectivity index (χ0n) is 29.2. The third-order valence-electron chi connectivity index (χ3n) is 10.6. The maximum absolute atomic E-state index is 2.42. The zero-order chi connectivity index (χ0) is 35.1. The van der Waals surface area contributed by atoms with Crippen LogP contribution >= 0.6 is 0 Å². The molecule has 0 fully saturated rings. The molecular formula is C52H35N. The standard InChI is InChI=1S/C52H35N/c1-3-15-36(16-4-1)37-27-31-41(32-28-37)53(50-35-40-19-7-8-20-43(40)44-21-9-12-24-47(44)50)42-33-29-39(30-34-42)52-49-26-14-11-23-46(49)45-22-10-13-25-48(45)51(52)38-17-5-2-6-18-38/h1-35H. The number of nitrogens with zero attached hydrogens (tertiary/aromatic N) is 1. The van der Waals surface area contributed by atoms with Crippen LogP contribution in [0.5, 0.6) is 0 Å². The van der Waals surface area contributed by atoms with Gasteiger partial charge in [-0.25, -0.2) is 0 Å². The van der Waals surface area contributed by atoms with Crippen LogP contribution in [0.2, 0.25) is 0 Å². The smallest absolute Gasteiger partial charge is 0.0546 e. The van der Waals surface area contributed by atoms with Crippen LogP contribution in [-0.2, 0) is 0 Å². The number of hydrogen-bond donors (Lipinski definition) is 0. The van der Waals surface area contributed by atoms with Gasteiger partial charge < -0.3 is 4.90 Å². The monoisotopic (exact) mass is 673 g/mol. The van der Waals surface area contributed by atoms with E-state index in [0.717, 1.165) is 17.1 Å². The average molecular weight is 674 g/mol. The maximum atomic E-state index is 2.42. The molecule has 10 rings (SSSR count). The van der Waals surface area contributed by atoms with Gasteiger partial charge in [0, 0.05) is 16.8 Å². The Labute approximate surface area is 309 Å². The lowest BCUT2D eigenvalue weighted by Gasteiger charge is -2.28. The molecule has 0 aliphatic heterocycles. The lowest BCUT2D eigenvalue weighted by Crippen LogP contribution is -2.10. The highest BCUT2D eigenvalue weighted by molar-refractivity contribution is 6.21. The molecule has 0 spiro atoms. The topological polar surface area (TPSA) is 3.24 Å². The van der Waals surface area contributed by atoms with Crippen molar-refractivity contribution in [3.63, 3.8) is 0 Å². The van der Waals surface area contributed by atoms with Crippen molar-refractivity contribution in [1.82, 2.24) is 0 Å². The number of anilines is 3. The van der Waals surface area contributed by atoms with E-state index in [4.69, 9.17) is 0 Å². The van der Waals surface area contributed by atoms with Crippen molar-refractivity contribution in [1.29, 1.82) is 0 Å². The van der Waals surface area contributed by atoms with E-state index < -0.39 is 0 Å². The largest absolute Gasteiger partial charge is 0.310 e. The minimum atomic E-state index is 1.10. The number of benzene rings is 10. The normalized spacial score (nSPS) is 11.4. The van der Waals surface area contributed by atoms with Crippen LogP contribution in [0.25, 0.3) is 76.5 Å². The third kappa shape index (κ3) is 5.34. The third-order valence-corrected chi connectivity index (χ3v) is 10.6. The minimum absolute atomic E-state index is 1.10. The Kier molecular flexibility index (Phi) is 7.55. The molecule has 0 aliphatic rings. The number of hydrogen-bond acceptors (Lipinski definition) is 1.